The SMILES string of the molecule is C=CP(C)(c1ccccc1)(c1ccccc1)c1ccccc1.I. The molecular weight excluding hydrogens is 410 g/mol. The third kappa shape index (κ3) is 2.77. The van der Waals surface area contributed by atoms with Crippen LogP contribution in [0.4, 0.5) is 0 Å². The molecule has 0 aromatic heterocycles. The van der Waals surface area contributed by atoms with Gasteiger partial charge >= 0.3 is 133 Å². The molecule has 2 heteroatoms. The van der Waals surface area contributed by atoms with E-state index < -0.39 is 6.60 Å². The van der Waals surface area contributed by atoms with E-state index in [0.29, 0.717) is 0 Å². The van der Waals surface area contributed by atoms with E-state index >= 15 is 0 Å². The molecule has 0 radical (unpaired) electrons. The smallest absolute Gasteiger partial charge is 0.107 e. The van der Waals surface area contributed by atoms with E-state index in [0.717, 1.165) is 0 Å². The van der Waals surface area contributed by atoms with E-state index in [9.17, 15) is 0 Å². The summed E-state index contributed by atoms with van der Waals surface area (Å²) < 4.78 is 0. The zero-order valence-electron chi connectivity index (χ0n) is 13.3. The molecule has 0 unspecified atom stereocenters. The fourth-order valence-electron chi connectivity index (χ4n) is 3.20. The van der Waals surface area contributed by atoms with Crippen molar-refractivity contribution in [3.05, 3.63) is 103 Å². The molecule has 0 saturated carbocycles. The number of hydrogen-bond acceptors (Lipinski definition) is 0. The molecule has 0 atom stereocenters. The average Bonchev–Trinajstić information content (AvgIpc) is 2.63. The molecule has 0 aliphatic heterocycles. The van der Waals surface area contributed by atoms with Crippen molar-refractivity contribution in [3.63, 3.8) is 0 Å². The molecule has 3 aromatic carbocycles. The molecular formula is C21H22IP. The Morgan fingerprint density at radius 3 is 1.09 bits per heavy atom. The summed E-state index contributed by atoms with van der Waals surface area (Å²) in [6.45, 7) is 4.04. The summed E-state index contributed by atoms with van der Waals surface area (Å²) in [5.41, 5.74) is 0. The van der Waals surface area contributed by atoms with Crippen LogP contribution < -0.4 is 15.9 Å². The van der Waals surface area contributed by atoms with Gasteiger partial charge in [0.1, 0.15) is 0 Å². The maximum absolute atomic E-state index is 4.29. The van der Waals surface area contributed by atoms with Crippen molar-refractivity contribution in [2.24, 2.45) is 0 Å². The van der Waals surface area contributed by atoms with Gasteiger partial charge in [0.05, 0.1) is 0 Å². The first-order valence-electron chi connectivity index (χ1n) is 7.52. The van der Waals surface area contributed by atoms with Gasteiger partial charge in [-0.3, -0.25) is 0 Å². The van der Waals surface area contributed by atoms with Crippen LogP contribution in [0.15, 0.2) is 103 Å². The van der Waals surface area contributed by atoms with Crippen LogP contribution in [0.2, 0.25) is 0 Å². The first-order valence-corrected chi connectivity index (χ1v) is 10.3. The molecule has 0 saturated heterocycles. The first kappa shape index (κ1) is 17.9. The van der Waals surface area contributed by atoms with Crippen molar-refractivity contribution in [2.45, 2.75) is 0 Å². The monoisotopic (exact) mass is 432 g/mol. The average molecular weight is 432 g/mol. The van der Waals surface area contributed by atoms with E-state index in [-0.39, 0.29) is 24.0 Å². The summed E-state index contributed by atoms with van der Waals surface area (Å²) >= 11 is 0. The molecule has 0 aliphatic carbocycles. The Morgan fingerprint density at radius 1 is 0.609 bits per heavy atom. The standard InChI is InChI=1S/C21H21P.HI/c1-3-22(2,19-13-7-4-8-14-19,20-15-9-5-10-16-20)21-17-11-6-12-18-21;/h3-18H,1H2,2H3;1H. The van der Waals surface area contributed by atoms with E-state index in [1.54, 1.807) is 0 Å². The minimum Gasteiger partial charge on any atom is -0.107 e. The molecule has 0 aliphatic rings. The van der Waals surface area contributed by atoms with Crippen LogP contribution in [0.3, 0.4) is 0 Å². The second-order valence-electron chi connectivity index (χ2n) is 5.84. The fraction of sp³-hybridized carbons (Fsp3) is 0.0476. The molecule has 3 rings (SSSR count). The van der Waals surface area contributed by atoms with E-state index in [1.807, 2.05) is 0 Å². The van der Waals surface area contributed by atoms with Crippen molar-refractivity contribution in [1.82, 2.24) is 0 Å². The molecule has 0 heterocycles. The van der Waals surface area contributed by atoms with E-state index in [2.05, 4.69) is 110 Å². The summed E-state index contributed by atoms with van der Waals surface area (Å²) in [7, 11) is 0. The van der Waals surface area contributed by atoms with E-state index in [4.69, 9.17) is 0 Å². The van der Waals surface area contributed by atoms with Gasteiger partial charge in [0.15, 0.2) is 0 Å². The first-order chi connectivity index (χ1) is 10.7. The van der Waals surface area contributed by atoms with E-state index in [1.165, 1.54) is 15.9 Å². The predicted octanol–water partition coefficient (Wildman–Crippen LogP) is 4.91. The van der Waals surface area contributed by atoms with Crippen molar-refractivity contribution in [3.8, 4) is 0 Å². The summed E-state index contributed by atoms with van der Waals surface area (Å²) in [6.07, 6.45) is 0. The molecule has 0 fully saturated rings. The van der Waals surface area contributed by atoms with Gasteiger partial charge in [-0.05, 0) is 0 Å². The molecule has 3 aromatic rings. The summed E-state index contributed by atoms with van der Waals surface area (Å²) in [6, 6.07) is 32.4. The normalized spacial score (nSPS) is 12.5. The fourth-order valence-corrected chi connectivity index (χ4v) is 7.55. The molecule has 23 heavy (non-hydrogen) atoms. The van der Waals surface area contributed by atoms with Gasteiger partial charge < -0.3 is 0 Å². The molecule has 118 valence electrons. The van der Waals surface area contributed by atoms with Crippen LogP contribution in [-0.2, 0) is 0 Å². The summed E-state index contributed by atoms with van der Waals surface area (Å²) in [4.78, 5) is 0. The zero-order chi connectivity index (χ0) is 15.5. The third-order valence-corrected chi connectivity index (χ3v) is 10.5. The number of rotatable bonds is 4. The van der Waals surface area contributed by atoms with Gasteiger partial charge in [-0.25, -0.2) is 0 Å². The summed E-state index contributed by atoms with van der Waals surface area (Å²) in [5.74, 6) is 2.20. The van der Waals surface area contributed by atoms with Crippen LogP contribution in [0.5, 0.6) is 0 Å². The van der Waals surface area contributed by atoms with Crippen molar-refractivity contribution in [2.75, 3.05) is 6.66 Å². The third-order valence-electron chi connectivity index (χ3n) is 4.72. The van der Waals surface area contributed by atoms with Crippen LogP contribution in [0, 0.1) is 0 Å². The van der Waals surface area contributed by atoms with Gasteiger partial charge in [-0.15, -0.1) is 24.0 Å². The largest absolute Gasteiger partial charge is 0.107 e. The Balaban J connectivity index is 0.00000192. The van der Waals surface area contributed by atoms with Gasteiger partial charge in [0, 0.05) is 0 Å². The van der Waals surface area contributed by atoms with Crippen molar-refractivity contribution < 1.29 is 0 Å². The second-order valence-corrected chi connectivity index (χ2v) is 11.1. The second kappa shape index (κ2) is 6.98. The van der Waals surface area contributed by atoms with Gasteiger partial charge in [0.2, 0.25) is 0 Å². The number of hydrogen-bond donors (Lipinski definition) is 0. The molecule has 0 amide bonds. The van der Waals surface area contributed by atoms with Gasteiger partial charge in [0.25, 0.3) is 0 Å². The Labute approximate surface area is 156 Å². The Bertz CT molecular complexity index is 667. The Morgan fingerprint density at radius 2 is 0.870 bits per heavy atom. The maximum atomic E-state index is 4.29. The number of benzene rings is 3. The Kier molecular flexibility index (Phi) is 5.44. The minimum atomic E-state index is -2.64. The topological polar surface area (TPSA) is 0 Å². The predicted molar refractivity (Wildman–Crippen MR) is 117 cm³/mol. The molecule has 0 spiro atoms. The van der Waals surface area contributed by atoms with Crippen LogP contribution in [0.25, 0.3) is 0 Å². The molecule has 0 N–H and O–H groups in total. The Hall–Kier alpha value is -1.44. The van der Waals surface area contributed by atoms with Gasteiger partial charge in [-0.2, -0.15) is 0 Å². The van der Waals surface area contributed by atoms with Crippen LogP contribution in [0.1, 0.15) is 0 Å². The van der Waals surface area contributed by atoms with Crippen LogP contribution in [-0.4, -0.2) is 6.66 Å². The molecule has 0 bridgehead atoms. The van der Waals surface area contributed by atoms with Crippen molar-refractivity contribution in [1.29, 1.82) is 0 Å². The number of halogens is 1. The van der Waals surface area contributed by atoms with Crippen LogP contribution >= 0.6 is 30.6 Å². The minimum absolute atomic E-state index is 0. The van der Waals surface area contributed by atoms with Crippen molar-refractivity contribution >= 4 is 46.5 Å². The quantitative estimate of drug-likeness (QED) is 0.406. The zero-order valence-corrected chi connectivity index (χ0v) is 16.5. The molecule has 0 nitrogen and oxygen atoms in total. The summed E-state index contributed by atoms with van der Waals surface area (Å²) in [5, 5.41) is 4.04. The maximum Gasteiger partial charge on any atom is -0.107 e. The van der Waals surface area contributed by atoms with Gasteiger partial charge in [-0.1, -0.05) is 0 Å².